The molecule has 6 heterocycles. The van der Waals surface area contributed by atoms with Gasteiger partial charge in [-0.2, -0.15) is 9.50 Å². The molecule has 13 nitrogen and oxygen atoms in total. The van der Waals surface area contributed by atoms with Crippen molar-refractivity contribution >= 4 is 34.4 Å². The molecule has 2 aliphatic heterocycles. The Morgan fingerprint density at radius 2 is 1.95 bits per heavy atom. The highest BCUT2D eigenvalue weighted by Gasteiger charge is 2.28. The monoisotopic (exact) mass is 564 g/mol. The van der Waals surface area contributed by atoms with Crippen LogP contribution < -0.4 is 20.7 Å². The molecule has 1 aromatic carbocycles. The fourth-order valence-electron chi connectivity index (χ4n) is 5.26. The summed E-state index contributed by atoms with van der Waals surface area (Å²) in [5.74, 6) is -0.810. The van der Waals surface area contributed by atoms with Gasteiger partial charge in [-0.15, -0.1) is 5.10 Å². The minimum atomic E-state index is -0.827. The van der Waals surface area contributed by atoms with Crippen LogP contribution in [0.25, 0.3) is 28.4 Å². The predicted octanol–water partition coefficient (Wildman–Crippen LogP) is 1.68. The zero-order chi connectivity index (χ0) is 28.1. The number of ether oxygens (including phenoxy) is 1. The van der Waals surface area contributed by atoms with E-state index in [1.165, 1.54) is 10.6 Å². The van der Waals surface area contributed by atoms with Crippen molar-refractivity contribution in [2.45, 2.75) is 19.1 Å². The molecule has 1 atom stereocenters. The lowest BCUT2D eigenvalue weighted by molar-refractivity contribution is -0.125. The van der Waals surface area contributed by atoms with E-state index < -0.39 is 17.7 Å². The van der Waals surface area contributed by atoms with Gasteiger partial charge in [-0.1, -0.05) is 0 Å². The van der Waals surface area contributed by atoms with E-state index in [0.717, 1.165) is 6.07 Å². The maximum absolute atomic E-state index is 14.7. The van der Waals surface area contributed by atoms with Crippen LogP contribution in [0.15, 0.2) is 41.3 Å². The molecular weight excluding hydrogens is 538 g/mol. The van der Waals surface area contributed by atoms with Crippen LogP contribution in [0.3, 0.4) is 0 Å². The molecule has 2 fully saturated rings. The number of rotatable bonds is 7. The van der Waals surface area contributed by atoms with E-state index in [4.69, 9.17) is 14.9 Å². The van der Waals surface area contributed by atoms with Crippen molar-refractivity contribution in [3.05, 3.63) is 48.5 Å². The van der Waals surface area contributed by atoms with Crippen molar-refractivity contribution in [1.29, 1.82) is 0 Å². The van der Waals surface area contributed by atoms with Gasteiger partial charge >= 0.3 is 0 Å². The van der Waals surface area contributed by atoms with Gasteiger partial charge in [0.05, 0.1) is 18.3 Å². The number of nitrogen functional groups attached to an aromatic ring is 1. The third kappa shape index (κ3) is 4.57. The molecule has 5 aromatic rings. The van der Waals surface area contributed by atoms with Gasteiger partial charge in [0.2, 0.25) is 11.8 Å². The van der Waals surface area contributed by atoms with Crippen LogP contribution >= 0.6 is 0 Å². The first-order chi connectivity index (χ1) is 19.9. The second-order valence-electron chi connectivity index (χ2n) is 9.98. The van der Waals surface area contributed by atoms with E-state index in [0.29, 0.717) is 80.6 Å². The summed E-state index contributed by atoms with van der Waals surface area (Å²) in [7, 11) is 0. The number of amides is 1. The van der Waals surface area contributed by atoms with Gasteiger partial charge in [0.1, 0.15) is 5.82 Å². The summed E-state index contributed by atoms with van der Waals surface area (Å²) in [5, 5.41) is 7.05. The van der Waals surface area contributed by atoms with Crippen LogP contribution in [0, 0.1) is 11.6 Å². The Kier molecular flexibility index (Phi) is 6.14. The highest BCUT2D eigenvalue weighted by atomic mass is 19.1. The largest absolute Gasteiger partial charge is 0.477 e. The van der Waals surface area contributed by atoms with Crippen molar-refractivity contribution < 1.29 is 22.7 Å². The first-order valence-electron chi connectivity index (χ1n) is 13.3. The molecule has 3 N–H and O–H groups in total. The summed E-state index contributed by atoms with van der Waals surface area (Å²) in [5.41, 5.74) is 8.11. The van der Waals surface area contributed by atoms with Crippen molar-refractivity contribution in [3.8, 4) is 17.3 Å². The fraction of sp³-hybridized carbons (Fsp3) is 0.346. The Morgan fingerprint density at radius 1 is 1.10 bits per heavy atom. The van der Waals surface area contributed by atoms with E-state index in [-0.39, 0.29) is 23.3 Å². The van der Waals surface area contributed by atoms with Crippen molar-refractivity contribution in [3.63, 3.8) is 0 Å². The lowest BCUT2D eigenvalue weighted by Gasteiger charge is -2.36. The Morgan fingerprint density at radius 3 is 2.71 bits per heavy atom. The van der Waals surface area contributed by atoms with E-state index in [1.807, 2.05) is 9.47 Å². The Hall–Kier alpha value is -4.79. The fourth-order valence-corrected chi connectivity index (χ4v) is 5.26. The van der Waals surface area contributed by atoms with Gasteiger partial charge in [0.15, 0.2) is 40.2 Å². The number of hydrogen-bond acceptors (Lipinski definition) is 10. The highest BCUT2D eigenvalue weighted by molar-refractivity contribution is 5.87. The molecule has 0 aliphatic carbocycles. The summed E-state index contributed by atoms with van der Waals surface area (Å²) in [4.78, 5) is 29.5. The summed E-state index contributed by atoms with van der Waals surface area (Å²) in [6.45, 7) is 4.19. The average molecular weight is 565 g/mol. The quantitative estimate of drug-likeness (QED) is 0.300. The Balaban J connectivity index is 1.02. The number of nitrogens with one attached hydrogen (secondary N) is 1. The van der Waals surface area contributed by atoms with Crippen LogP contribution in [0.5, 0.6) is 5.75 Å². The van der Waals surface area contributed by atoms with Crippen LogP contribution in [-0.4, -0.2) is 85.3 Å². The molecule has 41 heavy (non-hydrogen) atoms. The van der Waals surface area contributed by atoms with Gasteiger partial charge < -0.3 is 29.7 Å². The maximum atomic E-state index is 14.7. The third-order valence-electron chi connectivity index (χ3n) is 7.45. The molecule has 2 saturated heterocycles. The predicted molar refractivity (Wildman–Crippen MR) is 143 cm³/mol. The van der Waals surface area contributed by atoms with Gasteiger partial charge in [0.25, 0.3) is 5.91 Å². The van der Waals surface area contributed by atoms with E-state index in [1.54, 1.807) is 24.7 Å². The number of benzene rings is 1. The van der Waals surface area contributed by atoms with Crippen LogP contribution in [0.1, 0.15) is 6.42 Å². The molecular formula is C26H26F2N10O3. The van der Waals surface area contributed by atoms with Gasteiger partial charge in [-0.25, -0.2) is 18.7 Å². The summed E-state index contributed by atoms with van der Waals surface area (Å²) in [6, 6.07) is 5.69. The highest BCUT2D eigenvalue weighted by Crippen LogP contribution is 2.30. The molecule has 0 bridgehead atoms. The molecule has 0 radical (unpaired) electrons. The normalized spacial score (nSPS) is 18.0. The third-order valence-corrected chi connectivity index (χ3v) is 7.45. The molecule has 2 aliphatic rings. The maximum Gasteiger partial charge on any atom is 0.261 e. The second kappa shape index (κ2) is 9.99. The molecule has 15 heteroatoms. The summed E-state index contributed by atoms with van der Waals surface area (Å²) in [6.07, 6.45) is 2.91. The number of aromatic nitrogens is 6. The van der Waals surface area contributed by atoms with Gasteiger partial charge in [0, 0.05) is 64.4 Å². The van der Waals surface area contributed by atoms with Crippen molar-refractivity contribution in [2.75, 3.05) is 49.9 Å². The number of hydrogen-bond donors (Lipinski definition) is 2. The molecule has 7 rings (SSSR count). The molecule has 0 saturated carbocycles. The first-order valence-corrected chi connectivity index (χ1v) is 13.3. The van der Waals surface area contributed by atoms with Crippen LogP contribution in [-0.2, 0) is 11.3 Å². The van der Waals surface area contributed by atoms with E-state index in [9.17, 15) is 13.6 Å². The number of carbonyl (C=O) groups excluding carboxylic acids is 1. The second-order valence-corrected chi connectivity index (χ2v) is 9.98. The standard InChI is InChI=1S/C26H26F2N10O3/c27-15-12-16(28)20(41-19-3-4-30-25(19)39)13-17(15)36-8-5-35(6-9-36)7-10-37-14-31-21-23(37)33-26(29)38-24(21)32-22(34-38)18-2-1-11-40-18/h1-2,11-14,19H,3-10H2,(H2,29,33)(H,30,39)/t19-/m0/s1. The first kappa shape index (κ1) is 25.2. The SMILES string of the molecule is Nc1nc2c(ncn2CCN2CCN(c3cc(O[C@H]4CCNC4=O)c(F)cc3F)CC2)c2nc(-c3ccco3)nn12. The average Bonchev–Trinajstić information content (AvgIpc) is 3.77. The minimum absolute atomic E-state index is 0.122. The van der Waals surface area contributed by atoms with E-state index in [2.05, 4.69) is 30.3 Å². The number of anilines is 2. The van der Waals surface area contributed by atoms with Crippen LogP contribution in [0.4, 0.5) is 20.4 Å². The van der Waals surface area contributed by atoms with Crippen molar-refractivity contribution in [2.24, 2.45) is 0 Å². The Labute approximate surface area is 231 Å². The van der Waals surface area contributed by atoms with Gasteiger partial charge in [-0.3, -0.25) is 9.69 Å². The zero-order valence-electron chi connectivity index (χ0n) is 21.8. The number of nitrogens with zero attached hydrogens (tertiary/aromatic N) is 8. The Bertz CT molecular complexity index is 1740. The summed E-state index contributed by atoms with van der Waals surface area (Å²) < 4.78 is 43.5. The number of imidazole rings is 1. The van der Waals surface area contributed by atoms with Gasteiger partial charge in [-0.05, 0) is 12.1 Å². The lowest BCUT2D eigenvalue weighted by atomic mass is 10.2. The number of halogens is 2. The number of fused-ring (bicyclic) bond motifs is 3. The molecule has 0 spiro atoms. The number of nitrogens with two attached hydrogens (primary N) is 1. The minimum Gasteiger partial charge on any atom is -0.477 e. The number of piperazine rings is 1. The topological polar surface area (TPSA) is 145 Å². The summed E-state index contributed by atoms with van der Waals surface area (Å²) >= 11 is 0. The number of furan rings is 1. The molecule has 212 valence electrons. The molecule has 4 aromatic heterocycles. The lowest BCUT2D eigenvalue weighted by Crippen LogP contribution is -2.47. The molecule has 0 unspecified atom stereocenters. The van der Waals surface area contributed by atoms with E-state index >= 15 is 0 Å². The zero-order valence-corrected chi connectivity index (χ0v) is 21.8. The molecule has 1 amide bonds. The smallest absolute Gasteiger partial charge is 0.261 e. The number of carbonyl (C=O) groups is 1. The van der Waals surface area contributed by atoms with Crippen molar-refractivity contribution in [1.82, 2.24) is 39.3 Å². The van der Waals surface area contributed by atoms with Crippen LogP contribution in [0.2, 0.25) is 0 Å².